The van der Waals surface area contributed by atoms with Gasteiger partial charge in [-0.1, -0.05) is 0 Å². The van der Waals surface area contributed by atoms with Gasteiger partial charge in [0.05, 0.1) is 18.5 Å². The highest BCUT2D eigenvalue weighted by atomic mass is 19.4. The maximum absolute atomic E-state index is 13.4. The smallest absolute Gasteiger partial charge is 0.380 e. The highest BCUT2D eigenvalue weighted by Crippen LogP contribution is 2.34. The molecule has 10 heteroatoms. The van der Waals surface area contributed by atoms with Gasteiger partial charge in [-0.3, -0.25) is 0 Å². The fourth-order valence-corrected chi connectivity index (χ4v) is 4.30. The van der Waals surface area contributed by atoms with Gasteiger partial charge in [-0.15, -0.1) is 5.10 Å². The number of ether oxygens (including phenoxy) is 2. The Labute approximate surface area is 193 Å². The molecule has 0 fully saturated rings. The van der Waals surface area contributed by atoms with E-state index in [0.717, 1.165) is 35.0 Å². The Morgan fingerprint density at radius 3 is 2.47 bits per heavy atom. The van der Waals surface area contributed by atoms with Gasteiger partial charge >= 0.3 is 6.18 Å². The molecule has 0 aliphatic carbocycles. The number of nitrogens with zero attached hydrogens (tertiary/aromatic N) is 4. The van der Waals surface area contributed by atoms with E-state index < -0.39 is 17.8 Å². The molecule has 1 aromatic carbocycles. The molecule has 1 aliphatic heterocycles. The predicted molar refractivity (Wildman–Crippen MR) is 119 cm³/mol. The highest BCUT2D eigenvalue weighted by Gasteiger charge is 2.42. The Hall–Kier alpha value is -3.11. The lowest BCUT2D eigenvalue weighted by molar-refractivity contribution is -0.215. The van der Waals surface area contributed by atoms with Crippen molar-refractivity contribution in [2.75, 3.05) is 14.2 Å². The quantitative estimate of drug-likeness (QED) is 0.357. The van der Waals surface area contributed by atoms with Gasteiger partial charge in [0, 0.05) is 37.9 Å². The third-order valence-corrected chi connectivity index (χ3v) is 5.93. The van der Waals surface area contributed by atoms with Gasteiger partial charge in [0.15, 0.2) is 6.10 Å². The summed E-state index contributed by atoms with van der Waals surface area (Å²) >= 11 is 0. The number of hydrogen-bond donors (Lipinski definition) is 0. The predicted octanol–water partition coefficient (Wildman–Crippen LogP) is 5.98. The van der Waals surface area contributed by atoms with E-state index in [4.69, 9.17) is 4.74 Å². The summed E-state index contributed by atoms with van der Waals surface area (Å²) in [7, 11) is 2.65. The van der Waals surface area contributed by atoms with Crippen LogP contribution in [0.1, 0.15) is 24.0 Å². The van der Waals surface area contributed by atoms with Gasteiger partial charge < -0.3 is 13.9 Å². The molecule has 4 rings (SSSR count). The van der Waals surface area contributed by atoms with Gasteiger partial charge in [-0.25, -0.2) is 4.39 Å². The van der Waals surface area contributed by atoms with Gasteiger partial charge in [0.1, 0.15) is 11.4 Å². The minimum atomic E-state index is -4.46. The number of pyridine rings is 1. The first-order chi connectivity index (χ1) is 16.2. The van der Waals surface area contributed by atoms with E-state index in [1.54, 1.807) is 19.2 Å². The van der Waals surface area contributed by atoms with E-state index >= 15 is 0 Å². The average Bonchev–Trinajstić information content (AvgIpc) is 3.38. The van der Waals surface area contributed by atoms with Crippen LogP contribution in [0.4, 0.5) is 17.6 Å². The number of rotatable bonds is 9. The number of methoxy groups -OCH3 is 2. The number of aromatic nitrogens is 1. The first kappa shape index (κ1) is 24.0. The van der Waals surface area contributed by atoms with Crippen LogP contribution in [0.5, 0.6) is 0 Å². The second-order valence-corrected chi connectivity index (χ2v) is 8.31. The largest absolute Gasteiger partial charge is 0.414 e. The van der Waals surface area contributed by atoms with Crippen LogP contribution in [0, 0.1) is 5.82 Å². The number of hydrogen-bond acceptors (Lipinski definition) is 5. The summed E-state index contributed by atoms with van der Waals surface area (Å²) in [5.41, 5.74) is 3.42. The van der Waals surface area contributed by atoms with Crippen LogP contribution >= 0.6 is 0 Å². The van der Waals surface area contributed by atoms with Crippen molar-refractivity contribution in [2.24, 2.45) is 15.4 Å². The monoisotopic (exact) mass is 476 g/mol. The highest BCUT2D eigenvalue weighted by molar-refractivity contribution is 5.74. The standard InChI is InChI=1S/C24H24F4N4O2/c1-33-14-18-12-20-11-16(8-10-32(20)22(18)17-3-5-19(25)6-4-17)13-23(15-29-31-30-23)9-7-21(34-2)24(26,27)28/h3-6,8,10-12,15,21H,7,9,13-14H2,1-2H3. The number of fused-ring (bicyclic) bond motifs is 1. The molecule has 0 N–H and O–H groups in total. The Bertz CT molecular complexity index is 1190. The lowest BCUT2D eigenvalue weighted by Gasteiger charge is -2.25. The molecule has 0 spiro atoms. The molecule has 6 nitrogen and oxygen atoms in total. The van der Waals surface area contributed by atoms with E-state index in [1.165, 1.54) is 18.3 Å². The molecule has 3 aromatic rings. The first-order valence-electron chi connectivity index (χ1n) is 10.7. The molecule has 0 radical (unpaired) electrons. The molecule has 2 aromatic heterocycles. The second kappa shape index (κ2) is 9.63. The van der Waals surface area contributed by atoms with Crippen molar-refractivity contribution in [1.82, 2.24) is 4.40 Å². The molecule has 0 saturated heterocycles. The van der Waals surface area contributed by atoms with E-state index in [0.29, 0.717) is 13.0 Å². The molecule has 0 saturated carbocycles. The van der Waals surface area contributed by atoms with Crippen molar-refractivity contribution in [3.63, 3.8) is 0 Å². The number of benzene rings is 1. The molecule has 2 atom stereocenters. The third-order valence-electron chi connectivity index (χ3n) is 5.93. The molecular formula is C24H24F4N4O2. The molecule has 2 unspecified atom stereocenters. The molecule has 34 heavy (non-hydrogen) atoms. The molecule has 3 heterocycles. The van der Waals surface area contributed by atoms with Gasteiger partial charge in [0.2, 0.25) is 0 Å². The van der Waals surface area contributed by atoms with Gasteiger partial charge in [-0.05, 0) is 71.7 Å². The summed E-state index contributed by atoms with van der Waals surface area (Å²) in [6, 6.07) is 12.0. The summed E-state index contributed by atoms with van der Waals surface area (Å²) in [5.74, 6) is -0.320. The zero-order valence-corrected chi connectivity index (χ0v) is 18.7. The molecular weight excluding hydrogens is 452 g/mol. The fourth-order valence-electron chi connectivity index (χ4n) is 4.30. The minimum absolute atomic E-state index is 0.0833. The van der Waals surface area contributed by atoms with E-state index in [1.807, 2.05) is 28.8 Å². The molecule has 0 amide bonds. The lowest BCUT2D eigenvalue weighted by Crippen LogP contribution is -2.36. The number of halogens is 4. The SMILES string of the molecule is COCc1cc2cc(CC3(CCC(OC)C(F)(F)F)C=NN=N3)ccn2c1-c1ccc(F)cc1. The van der Waals surface area contributed by atoms with Crippen molar-refractivity contribution in [2.45, 2.75) is 43.7 Å². The summed E-state index contributed by atoms with van der Waals surface area (Å²) in [5, 5.41) is 11.6. The van der Waals surface area contributed by atoms with Crippen LogP contribution in [0.2, 0.25) is 0 Å². The van der Waals surface area contributed by atoms with Crippen LogP contribution in [0.15, 0.2) is 64.1 Å². The van der Waals surface area contributed by atoms with Crippen molar-refractivity contribution in [1.29, 1.82) is 0 Å². The normalized spacial score (nSPS) is 18.8. The summed E-state index contributed by atoms with van der Waals surface area (Å²) in [6.07, 6.45) is -2.79. The lowest BCUT2D eigenvalue weighted by atomic mass is 9.87. The van der Waals surface area contributed by atoms with Crippen molar-refractivity contribution >= 4 is 11.7 Å². The minimum Gasteiger partial charge on any atom is -0.380 e. The van der Waals surface area contributed by atoms with Crippen LogP contribution < -0.4 is 0 Å². The van der Waals surface area contributed by atoms with Crippen LogP contribution in [0.25, 0.3) is 16.8 Å². The molecule has 180 valence electrons. The molecule has 1 aliphatic rings. The number of alkyl halides is 3. The van der Waals surface area contributed by atoms with Crippen LogP contribution in [-0.4, -0.2) is 42.7 Å². The van der Waals surface area contributed by atoms with Crippen molar-refractivity contribution in [3.8, 4) is 11.3 Å². The second-order valence-electron chi connectivity index (χ2n) is 8.31. The Balaban J connectivity index is 1.64. The zero-order chi connectivity index (χ0) is 24.3. The first-order valence-corrected chi connectivity index (χ1v) is 10.7. The van der Waals surface area contributed by atoms with E-state index in [2.05, 4.69) is 20.2 Å². The van der Waals surface area contributed by atoms with Gasteiger partial charge in [0.25, 0.3) is 0 Å². The van der Waals surface area contributed by atoms with E-state index in [9.17, 15) is 17.6 Å². The van der Waals surface area contributed by atoms with Crippen LogP contribution in [-0.2, 0) is 22.5 Å². The van der Waals surface area contributed by atoms with Gasteiger partial charge in [-0.2, -0.15) is 18.3 Å². The maximum Gasteiger partial charge on any atom is 0.414 e. The Morgan fingerprint density at radius 1 is 1.09 bits per heavy atom. The maximum atomic E-state index is 13.4. The van der Waals surface area contributed by atoms with Crippen LogP contribution in [0.3, 0.4) is 0 Å². The summed E-state index contributed by atoms with van der Waals surface area (Å²) in [4.78, 5) is 0. The zero-order valence-electron chi connectivity index (χ0n) is 18.7. The third kappa shape index (κ3) is 5.02. The van der Waals surface area contributed by atoms with E-state index in [-0.39, 0.29) is 18.7 Å². The summed E-state index contributed by atoms with van der Waals surface area (Å²) < 4.78 is 64.8. The van der Waals surface area contributed by atoms with Crippen molar-refractivity contribution in [3.05, 3.63) is 65.6 Å². The van der Waals surface area contributed by atoms with Crippen molar-refractivity contribution < 1.29 is 27.0 Å². The summed E-state index contributed by atoms with van der Waals surface area (Å²) in [6.45, 7) is 0.365. The Morgan fingerprint density at radius 2 is 1.85 bits per heavy atom. The fraction of sp³-hybridized carbons (Fsp3) is 0.375. The Kier molecular flexibility index (Phi) is 6.81. The average molecular weight is 476 g/mol. The molecule has 0 bridgehead atoms. The topological polar surface area (TPSA) is 60.0 Å².